The molecule has 0 saturated carbocycles. The Bertz CT molecular complexity index is 1360. The van der Waals surface area contributed by atoms with Gasteiger partial charge in [0.25, 0.3) is 0 Å². The Morgan fingerprint density at radius 2 is 1.55 bits per heavy atom. The van der Waals surface area contributed by atoms with Crippen molar-refractivity contribution in [1.29, 1.82) is 0 Å². The molecule has 2 heterocycles. The first kappa shape index (κ1) is 25.2. The molecule has 8 nitrogen and oxygen atoms in total. The molecule has 194 valence electrons. The van der Waals surface area contributed by atoms with Crippen LogP contribution in [0.4, 0.5) is 0 Å². The number of aliphatic carboxylic acids is 1. The van der Waals surface area contributed by atoms with E-state index < -0.39 is 35.5 Å². The van der Waals surface area contributed by atoms with Crippen LogP contribution in [-0.2, 0) is 20.7 Å². The number of aliphatic hydroxyl groups is 1. The van der Waals surface area contributed by atoms with Gasteiger partial charge >= 0.3 is 11.9 Å². The van der Waals surface area contributed by atoms with Crippen molar-refractivity contribution in [3.63, 3.8) is 0 Å². The number of carboxylic acids is 1. The van der Waals surface area contributed by atoms with Gasteiger partial charge in [-0.1, -0.05) is 84.9 Å². The van der Waals surface area contributed by atoms with Crippen LogP contribution < -0.4 is 4.74 Å². The lowest BCUT2D eigenvalue weighted by molar-refractivity contribution is -0.163. The number of methoxy groups -OCH3 is 1. The van der Waals surface area contributed by atoms with E-state index in [0.29, 0.717) is 11.3 Å². The molecular weight excluding hydrogens is 484 g/mol. The zero-order valence-electron chi connectivity index (χ0n) is 20.8. The quantitative estimate of drug-likeness (QED) is 0.350. The Morgan fingerprint density at radius 1 is 0.921 bits per heavy atom. The van der Waals surface area contributed by atoms with E-state index in [1.165, 1.54) is 7.11 Å². The molecule has 0 radical (unpaired) electrons. The van der Waals surface area contributed by atoms with Gasteiger partial charge in [0.2, 0.25) is 0 Å². The average Bonchev–Trinajstić information content (AvgIpc) is 3.25. The van der Waals surface area contributed by atoms with Crippen molar-refractivity contribution in [3.05, 3.63) is 114 Å². The highest BCUT2D eigenvalue weighted by molar-refractivity contribution is 6.01. The molecule has 0 spiro atoms. The third-order valence-corrected chi connectivity index (χ3v) is 7.05. The van der Waals surface area contributed by atoms with Gasteiger partial charge in [0.1, 0.15) is 24.2 Å². The van der Waals surface area contributed by atoms with Crippen LogP contribution in [0.25, 0.3) is 0 Å². The molecule has 0 amide bonds. The standard InChI is InChI=1S/C30H28N2O6/c1-37-29(36)30-24(21-8-4-2-5-9-21)16-17-26(22-10-6-3-7-11-22)32(30)31-25(28(30)35)19-38-23-14-12-20(13-15-23)18-27(33)34/h2-17,24,26,28,35H,18-19H2,1H3,(H,33,34). The van der Waals surface area contributed by atoms with E-state index in [2.05, 4.69) is 0 Å². The predicted octanol–water partition coefficient (Wildman–Crippen LogP) is 3.73. The summed E-state index contributed by atoms with van der Waals surface area (Å²) in [6, 6.07) is 25.4. The fourth-order valence-corrected chi connectivity index (χ4v) is 5.27. The summed E-state index contributed by atoms with van der Waals surface area (Å²) in [5.41, 5.74) is 1.14. The van der Waals surface area contributed by atoms with E-state index in [4.69, 9.17) is 19.7 Å². The monoisotopic (exact) mass is 512 g/mol. The van der Waals surface area contributed by atoms with Gasteiger partial charge in [0, 0.05) is 5.92 Å². The Hall–Kier alpha value is -4.43. The second-order valence-corrected chi connectivity index (χ2v) is 9.29. The Morgan fingerprint density at radius 3 is 2.16 bits per heavy atom. The third kappa shape index (κ3) is 4.43. The molecule has 0 aliphatic carbocycles. The Balaban J connectivity index is 1.52. The summed E-state index contributed by atoms with van der Waals surface area (Å²) in [5, 5.41) is 27.2. The lowest BCUT2D eigenvalue weighted by Crippen LogP contribution is -2.64. The van der Waals surface area contributed by atoms with Crippen LogP contribution in [0.2, 0.25) is 0 Å². The lowest BCUT2D eigenvalue weighted by atomic mass is 9.71. The van der Waals surface area contributed by atoms with Crippen molar-refractivity contribution in [2.24, 2.45) is 5.10 Å². The summed E-state index contributed by atoms with van der Waals surface area (Å²) < 4.78 is 11.2. The number of esters is 1. The Labute approximate surface area is 220 Å². The van der Waals surface area contributed by atoms with Crippen molar-refractivity contribution in [2.45, 2.75) is 30.0 Å². The molecule has 5 rings (SSSR count). The maximum absolute atomic E-state index is 13.7. The predicted molar refractivity (Wildman–Crippen MR) is 141 cm³/mol. The normalized spacial score (nSPS) is 23.9. The molecule has 2 N–H and O–H groups in total. The fraction of sp³-hybridized carbons (Fsp3) is 0.233. The number of hydrogen-bond donors (Lipinski definition) is 2. The number of hydrazone groups is 1. The molecular formula is C30H28N2O6. The van der Waals surface area contributed by atoms with Crippen LogP contribution in [0.3, 0.4) is 0 Å². The summed E-state index contributed by atoms with van der Waals surface area (Å²) >= 11 is 0. The maximum Gasteiger partial charge on any atom is 0.337 e. The highest BCUT2D eigenvalue weighted by atomic mass is 16.5. The number of nitrogens with zero attached hydrogens (tertiary/aromatic N) is 2. The van der Waals surface area contributed by atoms with Gasteiger partial charge in [0.15, 0.2) is 5.54 Å². The second kappa shape index (κ2) is 10.5. The van der Waals surface area contributed by atoms with Crippen molar-refractivity contribution in [1.82, 2.24) is 5.01 Å². The van der Waals surface area contributed by atoms with Gasteiger partial charge in [-0.05, 0) is 28.8 Å². The Kier molecular flexibility index (Phi) is 6.98. The minimum Gasteiger partial charge on any atom is -0.487 e. The van der Waals surface area contributed by atoms with Gasteiger partial charge in [-0.25, -0.2) is 4.79 Å². The van der Waals surface area contributed by atoms with Crippen molar-refractivity contribution in [2.75, 3.05) is 13.7 Å². The minimum absolute atomic E-state index is 0.0717. The van der Waals surface area contributed by atoms with Gasteiger partial charge in [-0.3, -0.25) is 9.80 Å². The number of fused-ring (bicyclic) bond motifs is 1. The fourth-order valence-electron chi connectivity index (χ4n) is 5.27. The van der Waals surface area contributed by atoms with E-state index in [-0.39, 0.29) is 18.7 Å². The molecule has 0 bridgehead atoms. The molecule has 38 heavy (non-hydrogen) atoms. The summed E-state index contributed by atoms with van der Waals surface area (Å²) in [6.07, 6.45) is 2.54. The first-order chi connectivity index (χ1) is 18.4. The number of rotatable bonds is 8. The second-order valence-electron chi connectivity index (χ2n) is 9.29. The molecule has 8 heteroatoms. The highest BCUT2D eigenvalue weighted by Crippen LogP contribution is 2.50. The van der Waals surface area contributed by atoms with Gasteiger partial charge in [0.05, 0.1) is 19.6 Å². The number of hydrogen-bond acceptors (Lipinski definition) is 7. The van der Waals surface area contributed by atoms with Crippen LogP contribution in [0, 0.1) is 0 Å². The van der Waals surface area contributed by atoms with Crippen LogP contribution in [0.15, 0.2) is 102 Å². The summed E-state index contributed by atoms with van der Waals surface area (Å²) in [7, 11) is 1.31. The molecule has 4 unspecified atom stereocenters. The molecule has 0 fully saturated rings. The first-order valence-corrected chi connectivity index (χ1v) is 12.3. The molecule has 3 aromatic carbocycles. The van der Waals surface area contributed by atoms with E-state index >= 15 is 0 Å². The van der Waals surface area contributed by atoms with Crippen molar-refractivity contribution < 1.29 is 29.3 Å². The molecule has 4 atom stereocenters. The van der Waals surface area contributed by atoms with Crippen molar-refractivity contribution in [3.8, 4) is 5.75 Å². The summed E-state index contributed by atoms with van der Waals surface area (Å²) in [5.74, 6) is -1.56. The van der Waals surface area contributed by atoms with Gasteiger partial charge in [-0.2, -0.15) is 5.10 Å². The molecule has 3 aromatic rings. The summed E-state index contributed by atoms with van der Waals surface area (Å²) in [4.78, 5) is 24.6. The number of carboxylic acid groups (broad SMARTS) is 1. The largest absolute Gasteiger partial charge is 0.487 e. The van der Waals surface area contributed by atoms with E-state index in [1.54, 1.807) is 29.3 Å². The molecule has 0 aromatic heterocycles. The maximum atomic E-state index is 13.7. The topological polar surface area (TPSA) is 109 Å². The lowest BCUT2D eigenvalue weighted by Gasteiger charge is -2.47. The third-order valence-electron chi connectivity index (χ3n) is 7.05. The smallest absolute Gasteiger partial charge is 0.337 e. The van der Waals surface area contributed by atoms with E-state index in [9.17, 15) is 14.7 Å². The number of carbonyl (C=O) groups is 2. The van der Waals surface area contributed by atoms with E-state index in [0.717, 1.165) is 11.1 Å². The van der Waals surface area contributed by atoms with Crippen LogP contribution in [0.1, 0.15) is 28.7 Å². The number of carbonyl (C=O) groups excluding carboxylic acids is 1. The van der Waals surface area contributed by atoms with E-state index in [1.807, 2.05) is 72.8 Å². The average molecular weight is 513 g/mol. The van der Waals surface area contributed by atoms with Crippen LogP contribution >= 0.6 is 0 Å². The first-order valence-electron chi connectivity index (χ1n) is 12.3. The minimum atomic E-state index is -1.55. The number of ether oxygens (including phenoxy) is 2. The zero-order valence-corrected chi connectivity index (χ0v) is 20.8. The number of benzene rings is 3. The SMILES string of the molecule is COC(=O)C12C(O)C(COc3ccc(CC(=O)O)cc3)=NN1C(c1ccccc1)C=CC2c1ccccc1. The van der Waals surface area contributed by atoms with Crippen molar-refractivity contribution >= 4 is 17.7 Å². The highest BCUT2D eigenvalue weighted by Gasteiger charge is 2.64. The van der Waals surface area contributed by atoms with Gasteiger partial charge < -0.3 is 19.7 Å². The molecule has 2 aliphatic rings. The molecule has 0 saturated heterocycles. The van der Waals surface area contributed by atoms with Crippen LogP contribution in [-0.4, -0.2) is 58.2 Å². The number of aliphatic hydroxyl groups excluding tert-OH is 1. The van der Waals surface area contributed by atoms with Crippen LogP contribution in [0.5, 0.6) is 5.75 Å². The van der Waals surface area contributed by atoms with Gasteiger partial charge in [-0.15, -0.1) is 0 Å². The molecule has 2 aliphatic heterocycles. The zero-order chi connectivity index (χ0) is 26.7. The summed E-state index contributed by atoms with van der Waals surface area (Å²) in [6.45, 7) is -0.0717.